The van der Waals surface area contributed by atoms with Crippen molar-refractivity contribution in [2.24, 2.45) is 0 Å². The first kappa shape index (κ1) is 19.4. The molecule has 0 fully saturated rings. The highest BCUT2D eigenvalue weighted by Gasteiger charge is 2.21. The number of hydrogen-bond donors (Lipinski definition) is 2. The number of benzene rings is 1. The molecular weight excluding hydrogens is 430 g/mol. The number of aromatic nitrogens is 4. The third-order valence-electron chi connectivity index (χ3n) is 4.18. The number of Topliss-reactive ketones (excluding diaryl/α,β-unsaturated/α-hetero) is 2. The van der Waals surface area contributed by atoms with Crippen molar-refractivity contribution in [2.75, 3.05) is 11.6 Å². The number of nitrogens with two attached hydrogens (primary N) is 1. The minimum Gasteiger partial charge on any atom is -0.355 e. The van der Waals surface area contributed by atoms with Gasteiger partial charge < -0.3 is 10.8 Å². The van der Waals surface area contributed by atoms with E-state index in [0.29, 0.717) is 33.5 Å². The molecule has 0 aliphatic carbocycles. The average molecular weight is 448 g/mol. The molecule has 140 valence electrons. The number of aryl methyl sites for hydroxylation is 1. The number of carbonyl (C=O) groups is 2. The van der Waals surface area contributed by atoms with Gasteiger partial charge in [-0.1, -0.05) is 39.8 Å². The summed E-state index contributed by atoms with van der Waals surface area (Å²) >= 11 is 4.67. The van der Waals surface area contributed by atoms with E-state index in [4.69, 9.17) is 5.84 Å². The first-order chi connectivity index (χ1) is 12.8. The lowest BCUT2D eigenvalue weighted by molar-refractivity contribution is 0.101. The Morgan fingerprint density at radius 3 is 2.59 bits per heavy atom. The Kier molecular flexibility index (Phi) is 5.52. The molecule has 0 atom stereocenters. The maximum atomic E-state index is 12.6. The second-order valence-corrected chi connectivity index (χ2v) is 7.85. The van der Waals surface area contributed by atoms with Gasteiger partial charge in [0.1, 0.15) is 0 Å². The van der Waals surface area contributed by atoms with Gasteiger partial charge in [0.25, 0.3) is 0 Å². The van der Waals surface area contributed by atoms with E-state index in [1.165, 1.54) is 23.4 Å². The van der Waals surface area contributed by atoms with E-state index < -0.39 is 0 Å². The molecule has 0 bridgehead atoms. The fourth-order valence-electron chi connectivity index (χ4n) is 2.96. The summed E-state index contributed by atoms with van der Waals surface area (Å²) in [6.45, 7) is 5.05. The van der Waals surface area contributed by atoms with Gasteiger partial charge in [0.15, 0.2) is 17.4 Å². The van der Waals surface area contributed by atoms with Gasteiger partial charge in [-0.25, -0.2) is 4.68 Å². The zero-order valence-electron chi connectivity index (χ0n) is 15.0. The Hall–Kier alpha value is -2.39. The second-order valence-electron chi connectivity index (χ2n) is 6.05. The predicted octanol–water partition coefficient (Wildman–Crippen LogP) is 3.54. The SMILES string of the molecule is CC(=O)c1c(C)[nH]c(C(=O)CSc2nnc(-c3ccccc3Br)n2N)c1C. The van der Waals surface area contributed by atoms with Gasteiger partial charge in [0, 0.05) is 21.3 Å². The highest BCUT2D eigenvalue weighted by atomic mass is 79.9. The Morgan fingerprint density at radius 2 is 1.96 bits per heavy atom. The molecule has 3 N–H and O–H groups in total. The number of nitrogens with one attached hydrogen (secondary N) is 1. The average Bonchev–Trinajstić information content (AvgIpc) is 3.12. The van der Waals surface area contributed by atoms with E-state index in [0.717, 1.165) is 10.0 Å². The zero-order valence-corrected chi connectivity index (χ0v) is 17.4. The lowest BCUT2D eigenvalue weighted by Crippen LogP contribution is -2.13. The summed E-state index contributed by atoms with van der Waals surface area (Å²) in [5.74, 6) is 6.56. The van der Waals surface area contributed by atoms with Crippen LogP contribution >= 0.6 is 27.7 Å². The van der Waals surface area contributed by atoms with Crippen LogP contribution < -0.4 is 5.84 Å². The van der Waals surface area contributed by atoms with Crippen molar-refractivity contribution >= 4 is 39.3 Å². The minimum absolute atomic E-state index is 0.0623. The number of hydrogen-bond acceptors (Lipinski definition) is 6. The van der Waals surface area contributed by atoms with Crippen LogP contribution in [-0.2, 0) is 0 Å². The number of rotatable bonds is 6. The summed E-state index contributed by atoms with van der Waals surface area (Å²) in [7, 11) is 0. The number of carbonyl (C=O) groups excluding carboxylic acids is 2. The summed E-state index contributed by atoms with van der Waals surface area (Å²) in [6, 6.07) is 7.55. The Balaban J connectivity index is 1.79. The molecule has 0 radical (unpaired) electrons. The highest BCUT2D eigenvalue weighted by Crippen LogP contribution is 2.28. The first-order valence-corrected chi connectivity index (χ1v) is 9.90. The van der Waals surface area contributed by atoms with Crippen LogP contribution in [0, 0.1) is 13.8 Å². The Bertz CT molecular complexity index is 1040. The van der Waals surface area contributed by atoms with Crippen LogP contribution in [0.1, 0.15) is 39.0 Å². The number of nitrogen functional groups attached to an aromatic ring is 1. The molecule has 1 aromatic carbocycles. The molecule has 2 aromatic heterocycles. The number of halogens is 1. The molecule has 0 saturated heterocycles. The third-order valence-corrected chi connectivity index (χ3v) is 5.81. The van der Waals surface area contributed by atoms with Crippen LogP contribution in [0.25, 0.3) is 11.4 Å². The smallest absolute Gasteiger partial charge is 0.210 e. The second kappa shape index (κ2) is 7.69. The maximum absolute atomic E-state index is 12.6. The quantitative estimate of drug-likeness (QED) is 0.339. The Morgan fingerprint density at radius 1 is 1.26 bits per heavy atom. The summed E-state index contributed by atoms with van der Waals surface area (Å²) in [4.78, 5) is 27.4. The number of nitrogens with zero attached hydrogens (tertiary/aromatic N) is 3. The maximum Gasteiger partial charge on any atom is 0.210 e. The van der Waals surface area contributed by atoms with Gasteiger partial charge in [0.05, 0.1) is 11.4 Å². The summed E-state index contributed by atoms with van der Waals surface area (Å²) in [6.07, 6.45) is 0. The van der Waals surface area contributed by atoms with E-state index in [-0.39, 0.29) is 17.3 Å². The molecule has 27 heavy (non-hydrogen) atoms. The van der Waals surface area contributed by atoms with Gasteiger partial charge in [-0.2, -0.15) is 0 Å². The van der Waals surface area contributed by atoms with Crippen LogP contribution in [0.15, 0.2) is 33.9 Å². The molecule has 0 aliphatic rings. The molecule has 0 aliphatic heterocycles. The number of aromatic amines is 1. The van der Waals surface area contributed by atoms with Crippen LogP contribution in [0.4, 0.5) is 0 Å². The van der Waals surface area contributed by atoms with Gasteiger partial charge in [0.2, 0.25) is 5.16 Å². The van der Waals surface area contributed by atoms with Gasteiger partial charge in [-0.05, 0) is 38.5 Å². The molecule has 7 nitrogen and oxygen atoms in total. The summed E-state index contributed by atoms with van der Waals surface area (Å²) in [5.41, 5.74) is 3.20. The predicted molar refractivity (Wildman–Crippen MR) is 109 cm³/mol. The van der Waals surface area contributed by atoms with Crippen molar-refractivity contribution in [3.05, 3.63) is 51.3 Å². The van der Waals surface area contributed by atoms with Crippen molar-refractivity contribution in [1.29, 1.82) is 0 Å². The molecule has 0 saturated carbocycles. The molecule has 0 unspecified atom stereocenters. The fourth-order valence-corrected chi connectivity index (χ4v) is 4.15. The van der Waals surface area contributed by atoms with Crippen molar-refractivity contribution in [3.8, 4) is 11.4 Å². The van der Waals surface area contributed by atoms with Crippen molar-refractivity contribution in [1.82, 2.24) is 19.9 Å². The number of ketones is 2. The van der Waals surface area contributed by atoms with Crippen LogP contribution in [0.3, 0.4) is 0 Å². The van der Waals surface area contributed by atoms with E-state index >= 15 is 0 Å². The van der Waals surface area contributed by atoms with E-state index in [1.54, 1.807) is 13.8 Å². The van der Waals surface area contributed by atoms with Crippen LogP contribution in [0.2, 0.25) is 0 Å². The molecule has 9 heteroatoms. The normalized spacial score (nSPS) is 11.0. The van der Waals surface area contributed by atoms with Crippen LogP contribution in [-0.4, -0.2) is 37.2 Å². The molecule has 3 rings (SSSR count). The van der Waals surface area contributed by atoms with Gasteiger partial charge in [-0.15, -0.1) is 10.2 Å². The lowest BCUT2D eigenvalue weighted by Gasteiger charge is -2.05. The topological polar surface area (TPSA) is 107 Å². The lowest BCUT2D eigenvalue weighted by atomic mass is 10.1. The van der Waals surface area contributed by atoms with Crippen LogP contribution in [0.5, 0.6) is 0 Å². The van der Waals surface area contributed by atoms with Gasteiger partial charge >= 0.3 is 0 Å². The Labute approximate surface area is 168 Å². The first-order valence-electron chi connectivity index (χ1n) is 8.12. The fraction of sp³-hybridized carbons (Fsp3) is 0.222. The molecule has 2 heterocycles. The van der Waals surface area contributed by atoms with E-state index in [9.17, 15) is 9.59 Å². The number of thioether (sulfide) groups is 1. The monoisotopic (exact) mass is 447 g/mol. The summed E-state index contributed by atoms with van der Waals surface area (Å²) in [5, 5.41) is 8.65. The minimum atomic E-state index is -0.126. The molecule has 3 aromatic rings. The highest BCUT2D eigenvalue weighted by molar-refractivity contribution is 9.10. The molecule has 0 amide bonds. The molecular formula is C18H18BrN5O2S. The van der Waals surface area contributed by atoms with Crippen molar-refractivity contribution < 1.29 is 9.59 Å². The van der Waals surface area contributed by atoms with E-state index in [2.05, 4.69) is 31.1 Å². The largest absolute Gasteiger partial charge is 0.355 e. The number of H-pyrrole nitrogens is 1. The zero-order chi connectivity index (χ0) is 19.7. The standard InChI is InChI=1S/C18H18BrN5O2S/c1-9-15(11(3)25)10(2)21-16(9)14(26)8-27-18-23-22-17(24(18)20)12-6-4-5-7-13(12)19/h4-7,21H,8,20H2,1-3H3. The van der Waals surface area contributed by atoms with E-state index in [1.807, 2.05) is 24.3 Å². The molecule has 0 spiro atoms. The third kappa shape index (κ3) is 3.70. The van der Waals surface area contributed by atoms with Crippen molar-refractivity contribution in [3.63, 3.8) is 0 Å². The van der Waals surface area contributed by atoms with Gasteiger partial charge in [-0.3, -0.25) is 9.59 Å². The summed E-state index contributed by atoms with van der Waals surface area (Å²) < 4.78 is 2.22. The van der Waals surface area contributed by atoms with Crippen molar-refractivity contribution in [2.45, 2.75) is 25.9 Å².